The van der Waals surface area contributed by atoms with E-state index in [1.165, 1.54) is 16.0 Å². The van der Waals surface area contributed by atoms with Gasteiger partial charge < -0.3 is 15.5 Å². The normalized spacial score (nSPS) is 11.4. The Hall–Kier alpha value is -1.19. The highest BCUT2D eigenvalue weighted by molar-refractivity contribution is 14.0. The van der Waals surface area contributed by atoms with Crippen LogP contribution in [0, 0.1) is 13.8 Å². The molecule has 2 rings (SSSR count). The Balaban J connectivity index is 0.00000312. The van der Waals surface area contributed by atoms with Crippen LogP contribution in [0.5, 0.6) is 0 Å². The first-order valence-corrected chi connectivity index (χ1v) is 8.89. The number of thiazole rings is 1. The summed E-state index contributed by atoms with van der Waals surface area (Å²) in [5, 5.41) is 7.83. The van der Waals surface area contributed by atoms with Gasteiger partial charge in [0.15, 0.2) is 5.96 Å². The number of aromatic nitrogens is 1. The maximum atomic E-state index is 4.46. The van der Waals surface area contributed by atoms with Crippen molar-refractivity contribution >= 4 is 41.3 Å². The molecule has 138 valence electrons. The molecular weight excluding hydrogens is 445 g/mol. The number of guanidine groups is 1. The number of aryl methyl sites for hydroxylation is 2. The van der Waals surface area contributed by atoms with Gasteiger partial charge in [0.1, 0.15) is 0 Å². The maximum absolute atomic E-state index is 4.46. The number of rotatable bonds is 6. The molecule has 2 N–H and O–H groups in total. The molecule has 0 saturated heterocycles. The second-order valence-electron chi connectivity index (χ2n) is 6.08. The molecule has 0 saturated carbocycles. The minimum absolute atomic E-state index is 0. The van der Waals surface area contributed by atoms with Crippen molar-refractivity contribution in [3.8, 4) is 0 Å². The molecule has 0 bridgehead atoms. The molecule has 0 radical (unpaired) electrons. The summed E-state index contributed by atoms with van der Waals surface area (Å²) in [6.07, 6.45) is 0. The Morgan fingerprint density at radius 2 is 1.84 bits per heavy atom. The van der Waals surface area contributed by atoms with E-state index in [0.717, 1.165) is 36.3 Å². The van der Waals surface area contributed by atoms with Crippen molar-refractivity contribution < 1.29 is 0 Å². The highest BCUT2D eigenvalue weighted by Gasteiger charge is 2.06. The van der Waals surface area contributed by atoms with Gasteiger partial charge in [0.2, 0.25) is 0 Å². The van der Waals surface area contributed by atoms with E-state index in [-0.39, 0.29) is 24.0 Å². The predicted molar refractivity (Wildman–Crippen MR) is 118 cm³/mol. The molecule has 7 heteroatoms. The Morgan fingerprint density at radius 3 is 2.44 bits per heavy atom. The number of hydrogen-bond acceptors (Lipinski definition) is 4. The zero-order valence-corrected chi connectivity index (χ0v) is 18.7. The van der Waals surface area contributed by atoms with Crippen LogP contribution in [0.2, 0.25) is 0 Å². The number of nitrogens with one attached hydrogen (secondary N) is 2. The van der Waals surface area contributed by atoms with Crippen LogP contribution in [-0.4, -0.2) is 37.0 Å². The predicted octanol–water partition coefficient (Wildman–Crippen LogP) is 3.30. The zero-order valence-electron chi connectivity index (χ0n) is 15.6. The topological polar surface area (TPSA) is 52.6 Å². The lowest BCUT2D eigenvalue weighted by molar-refractivity contribution is 0.402. The van der Waals surface area contributed by atoms with Crippen molar-refractivity contribution in [1.29, 1.82) is 0 Å². The first-order chi connectivity index (χ1) is 11.5. The summed E-state index contributed by atoms with van der Waals surface area (Å²) in [5.74, 6) is 0.804. The average Bonchev–Trinajstić information content (AvgIpc) is 2.85. The first kappa shape index (κ1) is 21.9. The number of halogens is 1. The van der Waals surface area contributed by atoms with Crippen LogP contribution in [0.15, 0.2) is 29.3 Å². The third kappa shape index (κ3) is 7.29. The number of hydrogen-bond donors (Lipinski definition) is 2. The van der Waals surface area contributed by atoms with Gasteiger partial charge in [-0.05, 0) is 39.1 Å². The van der Waals surface area contributed by atoms with Gasteiger partial charge in [0.05, 0.1) is 17.2 Å². The largest absolute Gasteiger partial charge is 0.352 e. The van der Waals surface area contributed by atoms with Gasteiger partial charge in [0.25, 0.3) is 0 Å². The van der Waals surface area contributed by atoms with Crippen molar-refractivity contribution in [3.63, 3.8) is 0 Å². The molecule has 0 unspecified atom stereocenters. The molecule has 25 heavy (non-hydrogen) atoms. The van der Waals surface area contributed by atoms with Crippen molar-refractivity contribution in [2.75, 3.05) is 21.1 Å². The lowest BCUT2D eigenvalue weighted by Crippen LogP contribution is -2.36. The zero-order chi connectivity index (χ0) is 17.5. The van der Waals surface area contributed by atoms with E-state index in [2.05, 4.69) is 63.9 Å². The highest BCUT2D eigenvalue weighted by Crippen LogP contribution is 2.16. The Labute approximate surface area is 172 Å². The van der Waals surface area contributed by atoms with E-state index < -0.39 is 0 Å². The third-order valence-corrected chi connectivity index (χ3v) is 4.66. The molecule has 0 fully saturated rings. The monoisotopic (exact) mass is 473 g/mol. The molecule has 0 aliphatic heterocycles. The molecule has 2 aromatic rings. The van der Waals surface area contributed by atoms with Crippen molar-refractivity contribution in [3.05, 3.63) is 51.0 Å². The molecule has 0 aliphatic rings. The highest BCUT2D eigenvalue weighted by atomic mass is 127. The number of benzene rings is 1. The molecule has 0 atom stereocenters. The lowest BCUT2D eigenvalue weighted by atomic mass is 10.1. The summed E-state index contributed by atoms with van der Waals surface area (Å²) in [6, 6.07) is 8.63. The van der Waals surface area contributed by atoms with Crippen LogP contribution < -0.4 is 10.6 Å². The standard InChI is InChI=1S/C18H27N5S.HI/c1-13-17(24-14(2)22-13)11-21-18(19-3)20-10-15-7-6-8-16(9-15)12-23(4)5;/h6-9H,10-12H2,1-5H3,(H2,19,20,21);1H. The van der Waals surface area contributed by atoms with Gasteiger partial charge in [-0.3, -0.25) is 4.99 Å². The van der Waals surface area contributed by atoms with Crippen LogP contribution in [0.1, 0.15) is 26.7 Å². The van der Waals surface area contributed by atoms with Gasteiger partial charge in [-0.25, -0.2) is 4.98 Å². The van der Waals surface area contributed by atoms with E-state index in [1.54, 1.807) is 18.4 Å². The third-order valence-electron chi connectivity index (χ3n) is 3.59. The fourth-order valence-electron chi connectivity index (χ4n) is 2.51. The fourth-order valence-corrected chi connectivity index (χ4v) is 3.39. The average molecular weight is 473 g/mol. The van der Waals surface area contributed by atoms with Gasteiger partial charge in [-0.15, -0.1) is 35.3 Å². The Morgan fingerprint density at radius 1 is 1.16 bits per heavy atom. The van der Waals surface area contributed by atoms with E-state index in [1.807, 2.05) is 13.8 Å². The molecule has 0 amide bonds. The summed E-state index contributed by atoms with van der Waals surface area (Å²) in [6.45, 7) is 6.53. The smallest absolute Gasteiger partial charge is 0.191 e. The summed E-state index contributed by atoms with van der Waals surface area (Å²) in [4.78, 5) is 12.2. The van der Waals surface area contributed by atoms with Gasteiger partial charge in [0, 0.05) is 25.0 Å². The quantitative estimate of drug-likeness (QED) is 0.384. The van der Waals surface area contributed by atoms with Crippen LogP contribution in [0.3, 0.4) is 0 Å². The summed E-state index contributed by atoms with van der Waals surface area (Å²) in [5.41, 5.74) is 3.66. The molecule has 1 heterocycles. The second kappa shape index (κ2) is 10.7. The summed E-state index contributed by atoms with van der Waals surface area (Å²) >= 11 is 1.73. The van der Waals surface area contributed by atoms with Gasteiger partial charge in [-0.1, -0.05) is 24.3 Å². The minimum atomic E-state index is 0. The fraction of sp³-hybridized carbons (Fsp3) is 0.444. The van der Waals surface area contributed by atoms with Crippen LogP contribution in [-0.2, 0) is 19.6 Å². The van der Waals surface area contributed by atoms with Crippen LogP contribution in [0.25, 0.3) is 0 Å². The van der Waals surface area contributed by atoms with Crippen molar-refractivity contribution in [2.24, 2.45) is 4.99 Å². The molecule has 0 spiro atoms. The first-order valence-electron chi connectivity index (χ1n) is 8.08. The Kier molecular flexibility index (Phi) is 9.37. The summed E-state index contributed by atoms with van der Waals surface area (Å²) in [7, 11) is 5.96. The summed E-state index contributed by atoms with van der Waals surface area (Å²) < 4.78 is 0. The van der Waals surface area contributed by atoms with Crippen molar-refractivity contribution in [2.45, 2.75) is 33.5 Å². The van der Waals surface area contributed by atoms with Gasteiger partial charge >= 0.3 is 0 Å². The van der Waals surface area contributed by atoms with Crippen molar-refractivity contribution in [1.82, 2.24) is 20.5 Å². The SMILES string of the molecule is CN=C(NCc1cccc(CN(C)C)c1)NCc1sc(C)nc1C.I. The van der Waals surface area contributed by atoms with Gasteiger partial charge in [-0.2, -0.15) is 0 Å². The Bertz CT molecular complexity index is 697. The van der Waals surface area contributed by atoms with E-state index in [4.69, 9.17) is 0 Å². The molecule has 5 nitrogen and oxygen atoms in total. The number of nitrogens with zero attached hydrogens (tertiary/aromatic N) is 3. The maximum Gasteiger partial charge on any atom is 0.191 e. The molecule has 0 aliphatic carbocycles. The van der Waals surface area contributed by atoms with E-state index in [9.17, 15) is 0 Å². The molecule has 1 aromatic heterocycles. The van der Waals surface area contributed by atoms with E-state index in [0.29, 0.717) is 0 Å². The van der Waals surface area contributed by atoms with Crippen LogP contribution >= 0.6 is 35.3 Å². The second-order valence-corrected chi connectivity index (χ2v) is 7.37. The number of aliphatic imine (C=N–C) groups is 1. The molecular formula is C18H28IN5S. The minimum Gasteiger partial charge on any atom is -0.352 e. The lowest BCUT2D eigenvalue weighted by Gasteiger charge is -2.13. The van der Waals surface area contributed by atoms with Crippen LogP contribution in [0.4, 0.5) is 0 Å². The molecule has 1 aromatic carbocycles. The van der Waals surface area contributed by atoms with E-state index >= 15 is 0 Å².